The Balaban J connectivity index is 1.46. The summed E-state index contributed by atoms with van der Waals surface area (Å²) in [6.07, 6.45) is 3.80. The Morgan fingerprint density at radius 3 is 2.36 bits per heavy atom. The van der Waals surface area contributed by atoms with Crippen LogP contribution < -0.4 is 49.1 Å². The largest absolute Gasteiger partial charge is 0.480 e. The molecule has 2 bridgehead atoms. The van der Waals surface area contributed by atoms with Crippen LogP contribution >= 0.6 is 0 Å². The van der Waals surface area contributed by atoms with Crippen molar-refractivity contribution >= 4 is 58.2 Å². The lowest BCUT2D eigenvalue weighted by Crippen LogP contribution is -2.62. The maximum absolute atomic E-state index is 14.4. The minimum atomic E-state index is -1.79. The van der Waals surface area contributed by atoms with E-state index in [1.807, 2.05) is 0 Å². The van der Waals surface area contributed by atoms with Gasteiger partial charge in [-0.1, -0.05) is 13.8 Å². The van der Waals surface area contributed by atoms with Gasteiger partial charge in [0.15, 0.2) is 0 Å². The van der Waals surface area contributed by atoms with Crippen LogP contribution in [0.1, 0.15) is 61.4 Å². The van der Waals surface area contributed by atoms with Crippen molar-refractivity contribution in [2.75, 3.05) is 19.7 Å². The first-order valence-corrected chi connectivity index (χ1v) is 19.0. The molecule has 3 aromatic rings. The standard InChI is InChI=1S/C37H50N12O10/c1-16(2)30(40)34(56)46-25(9-28(39)51)32(54)47-27(14-50)33(55)45-24-5-18-11-42-23-8-20-17(10-38)3-4-37(22(20)7-21(18)23,49-29(52)13-43-31(24)53)36(59)48-26(35(57)58)6-19-12-41-15-44-19/h7-8,11-12,15-17,24-27,30,42,50H,3-6,9-10,13-14,38,40H2,1-2H3,(H2,39,51)(H,41,44)(H,43,53)(H,45,55)(H,46,56)(H,47,54)(H,48,59)(H,49,52)(H,57,58)/t17?,24-,25-,26-,27-,30-,37?/m0/s1. The van der Waals surface area contributed by atoms with Gasteiger partial charge < -0.3 is 69.3 Å². The van der Waals surface area contributed by atoms with E-state index in [1.54, 1.807) is 32.2 Å². The zero-order valence-corrected chi connectivity index (χ0v) is 32.4. The van der Waals surface area contributed by atoms with Crippen molar-refractivity contribution in [1.82, 2.24) is 46.9 Å². The number of carboxylic acids is 1. The van der Waals surface area contributed by atoms with Crippen LogP contribution in [0.2, 0.25) is 0 Å². The van der Waals surface area contributed by atoms with Crippen molar-refractivity contribution in [2.24, 2.45) is 23.1 Å². The average Bonchev–Trinajstić information content (AvgIpc) is 3.86. The molecule has 7 atom stereocenters. The Bertz CT molecular complexity index is 2100. The van der Waals surface area contributed by atoms with Crippen molar-refractivity contribution in [2.45, 2.75) is 87.6 Å². The molecule has 59 heavy (non-hydrogen) atoms. The summed E-state index contributed by atoms with van der Waals surface area (Å²) in [6, 6.07) is -3.62. The number of aromatic amines is 2. The predicted octanol–water partition coefficient (Wildman–Crippen LogP) is -4.17. The predicted molar refractivity (Wildman–Crippen MR) is 207 cm³/mol. The molecule has 1 aliphatic heterocycles. The summed E-state index contributed by atoms with van der Waals surface area (Å²) in [5.41, 5.74) is 18.1. The van der Waals surface area contributed by atoms with Crippen LogP contribution in [0.4, 0.5) is 0 Å². The fourth-order valence-electron chi connectivity index (χ4n) is 7.29. The number of amides is 7. The number of benzene rings is 1. The molecule has 22 nitrogen and oxygen atoms in total. The van der Waals surface area contributed by atoms with E-state index in [9.17, 15) is 48.6 Å². The molecule has 2 aliphatic rings. The fourth-order valence-corrected chi connectivity index (χ4v) is 7.29. The van der Waals surface area contributed by atoms with Crippen molar-refractivity contribution in [3.63, 3.8) is 0 Å². The molecule has 318 valence electrons. The van der Waals surface area contributed by atoms with Gasteiger partial charge >= 0.3 is 5.97 Å². The van der Waals surface area contributed by atoms with Gasteiger partial charge in [-0.15, -0.1) is 0 Å². The Hall–Kier alpha value is -6.39. The van der Waals surface area contributed by atoms with Gasteiger partial charge in [0.2, 0.25) is 35.4 Å². The van der Waals surface area contributed by atoms with Crippen LogP contribution in [0.25, 0.3) is 10.9 Å². The van der Waals surface area contributed by atoms with Gasteiger partial charge in [-0.3, -0.25) is 33.6 Å². The van der Waals surface area contributed by atoms with Gasteiger partial charge in [0.05, 0.1) is 31.9 Å². The van der Waals surface area contributed by atoms with Gasteiger partial charge in [-0.05, 0) is 60.0 Å². The fraction of sp³-hybridized carbons (Fsp3) is 0.486. The molecule has 1 aromatic carbocycles. The van der Waals surface area contributed by atoms with Crippen LogP contribution in [-0.2, 0) is 56.7 Å². The second-order valence-electron chi connectivity index (χ2n) is 15.1. The third kappa shape index (κ3) is 9.84. The number of nitrogens with zero attached hydrogens (tertiary/aromatic N) is 1. The van der Waals surface area contributed by atoms with E-state index in [2.05, 4.69) is 46.9 Å². The topological polar surface area (TPSA) is 372 Å². The summed E-state index contributed by atoms with van der Waals surface area (Å²) in [5.74, 6) is -8.12. The second kappa shape index (κ2) is 18.5. The number of H-pyrrole nitrogens is 2. The number of rotatable bonds is 16. The highest BCUT2D eigenvalue weighted by molar-refractivity contribution is 6.00. The maximum atomic E-state index is 14.4. The number of nitrogens with two attached hydrogens (primary N) is 3. The molecule has 0 fully saturated rings. The number of aliphatic hydroxyl groups excluding tert-OH is 1. The van der Waals surface area contributed by atoms with Crippen LogP contribution in [0.15, 0.2) is 30.9 Å². The molecule has 22 heteroatoms. The molecule has 0 saturated carbocycles. The summed E-state index contributed by atoms with van der Waals surface area (Å²) in [5, 5.41) is 35.7. The van der Waals surface area contributed by atoms with E-state index in [1.165, 1.54) is 12.5 Å². The van der Waals surface area contributed by atoms with Gasteiger partial charge in [-0.25, -0.2) is 9.78 Å². The number of carbonyl (C=O) groups excluding carboxylic acids is 7. The number of carboxylic acid groups (broad SMARTS) is 1. The molecule has 3 heterocycles. The molecule has 2 unspecified atom stereocenters. The Labute approximate surface area is 336 Å². The quantitative estimate of drug-likeness (QED) is 0.0653. The Morgan fingerprint density at radius 2 is 1.73 bits per heavy atom. The first kappa shape index (κ1) is 43.7. The number of imidazole rings is 1. The second-order valence-corrected chi connectivity index (χ2v) is 15.1. The van der Waals surface area contributed by atoms with Crippen molar-refractivity contribution < 1.29 is 48.6 Å². The molecule has 1 aliphatic carbocycles. The number of carbonyl (C=O) groups is 8. The zero-order chi connectivity index (χ0) is 43.2. The van der Waals surface area contributed by atoms with Crippen LogP contribution in [0.5, 0.6) is 0 Å². The third-order valence-corrected chi connectivity index (χ3v) is 10.7. The molecule has 7 amide bonds. The van der Waals surface area contributed by atoms with Crippen LogP contribution in [0.3, 0.4) is 0 Å². The number of nitrogens with one attached hydrogen (secondary N) is 8. The highest BCUT2D eigenvalue weighted by atomic mass is 16.4. The van der Waals surface area contributed by atoms with E-state index in [0.717, 1.165) is 0 Å². The first-order valence-electron chi connectivity index (χ1n) is 19.0. The van der Waals surface area contributed by atoms with Crippen molar-refractivity contribution in [1.29, 1.82) is 0 Å². The summed E-state index contributed by atoms with van der Waals surface area (Å²) in [7, 11) is 0. The van der Waals surface area contributed by atoms with E-state index in [0.29, 0.717) is 39.7 Å². The lowest BCUT2D eigenvalue weighted by atomic mass is 9.70. The third-order valence-electron chi connectivity index (χ3n) is 10.7. The molecule has 16 N–H and O–H groups in total. The summed E-state index contributed by atoms with van der Waals surface area (Å²) in [4.78, 5) is 115. The lowest BCUT2D eigenvalue weighted by molar-refractivity contribution is -0.144. The normalized spacial score (nSPS) is 21.1. The minimum absolute atomic E-state index is 0.0382. The summed E-state index contributed by atoms with van der Waals surface area (Å²) in [6.45, 7) is 1.89. The molecule has 0 spiro atoms. The summed E-state index contributed by atoms with van der Waals surface area (Å²) < 4.78 is 0. The lowest BCUT2D eigenvalue weighted by Gasteiger charge is -2.42. The number of hydrogen-bond acceptors (Lipinski definition) is 12. The van der Waals surface area contributed by atoms with Gasteiger partial charge in [0.1, 0.15) is 29.7 Å². The molecule has 5 rings (SSSR count). The molecule has 0 radical (unpaired) electrons. The van der Waals surface area contributed by atoms with Gasteiger partial charge in [0.25, 0.3) is 5.91 Å². The highest BCUT2D eigenvalue weighted by Gasteiger charge is 2.48. The number of primary amides is 1. The number of hydrogen-bond donors (Lipinski definition) is 13. The SMILES string of the molecule is CC(C)[C@H](N)C(=O)N[C@@H](CC(N)=O)C(=O)N[C@@H](CO)C(=O)N[C@H]1Cc2c[nH]c3cc4c(cc23)C(C(=O)N[C@@H](Cc2cnc[nH]2)C(=O)O)(CCC4CN)NC(=O)CNC1=O. The maximum Gasteiger partial charge on any atom is 0.326 e. The highest BCUT2D eigenvalue weighted by Crippen LogP contribution is 2.44. The van der Waals surface area contributed by atoms with Crippen molar-refractivity contribution in [3.8, 4) is 0 Å². The molecular formula is C37H50N12O10. The van der Waals surface area contributed by atoms with E-state index in [4.69, 9.17) is 17.2 Å². The van der Waals surface area contributed by atoms with E-state index >= 15 is 0 Å². The number of aliphatic carboxylic acids is 1. The van der Waals surface area contributed by atoms with Crippen LogP contribution in [0, 0.1) is 5.92 Å². The van der Waals surface area contributed by atoms with Gasteiger partial charge in [-0.2, -0.15) is 0 Å². The first-order chi connectivity index (χ1) is 28.0. The van der Waals surface area contributed by atoms with Gasteiger partial charge in [0, 0.05) is 41.8 Å². The average molecular weight is 823 g/mol. The number of aromatic nitrogens is 3. The number of aliphatic hydroxyl groups is 1. The smallest absolute Gasteiger partial charge is 0.326 e. The Kier molecular flexibility index (Phi) is 13.7. The van der Waals surface area contributed by atoms with E-state index < -0.39 is 103 Å². The molecule has 2 aromatic heterocycles. The molecule has 0 saturated heterocycles. The van der Waals surface area contributed by atoms with Crippen molar-refractivity contribution in [3.05, 3.63) is 53.2 Å². The Morgan fingerprint density at radius 1 is 1.00 bits per heavy atom. The van der Waals surface area contributed by atoms with Crippen LogP contribution in [-0.4, -0.2) is 122 Å². The monoisotopic (exact) mass is 822 g/mol. The zero-order valence-electron chi connectivity index (χ0n) is 32.4. The molecular weight excluding hydrogens is 772 g/mol. The summed E-state index contributed by atoms with van der Waals surface area (Å²) >= 11 is 0. The van der Waals surface area contributed by atoms with E-state index in [-0.39, 0.29) is 37.6 Å². The minimum Gasteiger partial charge on any atom is -0.480 e.